The summed E-state index contributed by atoms with van der Waals surface area (Å²) >= 11 is 1.48. The maximum Gasteiger partial charge on any atom is 0.327 e. The van der Waals surface area contributed by atoms with Crippen LogP contribution in [0.4, 0.5) is 5.69 Å². The number of thioether (sulfide) groups is 1. The molecule has 1 amide bonds. The Labute approximate surface area is 125 Å². The van der Waals surface area contributed by atoms with Crippen molar-refractivity contribution < 1.29 is 19.6 Å². The fourth-order valence-corrected chi connectivity index (χ4v) is 3.19. The monoisotopic (exact) mass is 310 g/mol. The Kier molecular flexibility index (Phi) is 4.46. The van der Waals surface area contributed by atoms with Gasteiger partial charge in [0.1, 0.15) is 6.04 Å². The normalized spacial score (nSPS) is 18.3. The van der Waals surface area contributed by atoms with Gasteiger partial charge in [0, 0.05) is 35.2 Å². The van der Waals surface area contributed by atoms with Crippen molar-refractivity contribution in [2.75, 3.05) is 18.1 Å². The third kappa shape index (κ3) is 3.15. The van der Waals surface area contributed by atoms with Gasteiger partial charge in [-0.2, -0.15) is 11.8 Å². The van der Waals surface area contributed by atoms with Gasteiger partial charge in [-0.3, -0.25) is 14.9 Å². The first-order valence-corrected chi connectivity index (χ1v) is 7.44. The standard InChI is InChI=1S/C13H14N2O5S/c1-8-2-3-9(6-10(8)15(19)20)12(16)14-4-5-21-7-11(14)13(17)18/h2-3,6,11H,4-5,7H2,1H3,(H,17,18). The van der Waals surface area contributed by atoms with Crippen LogP contribution in [0.15, 0.2) is 18.2 Å². The van der Waals surface area contributed by atoms with Crippen LogP contribution in [0.5, 0.6) is 0 Å². The van der Waals surface area contributed by atoms with E-state index in [0.717, 1.165) is 0 Å². The van der Waals surface area contributed by atoms with Crippen molar-refractivity contribution >= 4 is 29.3 Å². The number of carbonyl (C=O) groups is 2. The summed E-state index contributed by atoms with van der Waals surface area (Å²) < 4.78 is 0. The molecule has 1 atom stereocenters. The highest BCUT2D eigenvalue weighted by molar-refractivity contribution is 7.99. The Bertz CT molecular complexity index is 604. The van der Waals surface area contributed by atoms with Crippen molar-refractivity contribution in [1.29, 1.82) is 0 Å². The zero-order valence-corrected chi connectivity index (χ0v) is 12.1. The lowest BCUT2D eigenvalue weighted by Crippen LogP contribution is -2.50. The van der Waals surface area contributed by atoms with E-state index in [2.05, 4.69) is 0 Å². The summed E-state index contributed by atoms with van der Waals surface area (Å²) in [6.45, 7) is 1.91. The fourth-order valence-electron chi connectivity index (χ4n) is 2.16. The van der Waals surface area contributed by atoms with E-state index in [1.54, 1.807) is 6.92 Å². The number of nitro benzene ring substituents is 1. The summed E-state index contributed by atoms with van der Waals surface area (Å²) in [6, 6.07) is 3.31. The lowest BCUT2D eigenvalue weighted by molar-refractivity contribution is -0.385. The maximum atomic E-state index is 12.4. The van der Waals surface area contributed by atoms with Crippen molar-refractivity contribution in [3.8, 4) is 0 Å². The molecule has 0 spiro atoms. The number of nitrogens with zero attached hydrogens (tertiary/aromatic N) is 2. The Morgan fingerprint density at radius 3 is 2.81 bits per heavy atom. The lowest BCUT2D eigenvalue weighted by atomic mass is 10.1. The smallest absolute Gasteiger partial charge is 0.327 e. The van der Waals surface area contributed by atoms with Crippen LogP contribution in [0.2, 0.25) is 0 Å². The van der Waals surface area contributed by atoms with E-state index >= 15 is 0 Å². The summed E-state index contributed by atoms with van der Waals surface area (Å²) in [4.78, 5) is 35.3. The zero-order chi connectivity index (χ0) is 15.6. The van der Waals surface area contributed by atoms with Crippen LogP contribution in [0.25, 0.3) is 0 Å². The second kappa shape index (κ2) is 6.13. The highest BCUT2D eigenvalue weighted by atomic mass is 32.2. The molecule has 1 heterocycles. The number of rotatable bonds is 3. The molecule has 0 saturated carbocycles. The van der Waals surface area contributed by atoms with Crippen molar-refractivity contribution in [3.63, 3.8) is 0 Å². The molecule has 7 nitrogen and oxygen atoms in total. The molecule has 0 aliphatic carbocycles. The summed E-state index contributed by atoms with van der Waals surface area (Å²) in [5, 5.41) is 20.1. The first kappa shape index (κ1) is 15.3. The Hall–Kier alpha value is -2.09. The SMILES string of the molecule is Cc1ccc(C(=O)N2CCSCC2C(=O)O)cc1[N+](=O)[O-]. The number of aryl methyl sites for hydroxylation is 1. The number of aliphatic carboxylic acids is 1. The van der Waals surface area contributed by atoms with E-state index in [1.807, 2.05) is 0 Å². The highest BCUT2D eigenvalue weighted by Gasteiger charge is 2.33. The van der Waals surface area contributed by atoms with E-state index in [9.17, 15) is 24.8 Å². The third-order valence-electron chi connectivity index (χ3n) is 3.33. The van der Waals surface area contributed by atoms with Crippen molar-refractivity contribution in [2.45, 2.75) is 13.0 Å². The fraction of sp³-hybridized carbons (Fsp3) is 0.385. The van der Waals surface area contributed by atoms with E-state index in [4.69, 9.17) is 0 Å². The molecule has 21 heavy (non-hydrogen) atoms. The Morgan fingerprint density at radius 1 is 1.48 bits per heavy atom. The molecule has 1 saturated heterocycles. The van der Waals surface area contributed by atoms with Crippen LogP contribution >= 0.6 is 11.8 Å². The van der Waals surface area contributed by atoms with Gasteiger partial charge in [0.25, 0.3) is 11.6 Å². The predicted octanol–water partition coefficient (Wildman–Crippen LogP) is 1.55. The van der Waals surface area contributed by atoms with Gasteiger partial charge in [-0.1, -0.05) is 6.07 Å². The number of amides is 1. The molecule has 1 aliphatic heterocycles. The van der Waals surface area contributed by atoms with Gasteiger partial charge in [0.05, 0.1) is 4.92 Å². The number of nitro groups is 1. The lowest BCUT2D eigenvalue weighted by Gasteiger charge is -2.32. The molecule has 1 aromatic rings. The van der Waals surface area contributed by atoms with Gasteiger partial charge in [-0.05, 0) is 13.0 Å². The van der Waals surface area contributed by atoms with Gasteiger partial charge < -0.3 is 10.0 Å². The number of benzene rings is 1. The molecule has 1 fully saturated rings. The van der Waals surface area contributed by atoms with Crippen LogP contribution in [0.1, 0.15) is 15.9 Å². The molecule has 1 N–H and O–H groups in total. The first-order chi connectivity index (χ1) is 9.91. The average Bonchev–Trinajstić information content (AvgIpc) is 2.46. The molecule has 8 heteroatoms. The van der Waals surface area contributed by atoms with Gasteiger partial charge in [0.15, 0.2) is 0 Å². The van der Waals surface area contributed by atoms with Gasteiger partial charge in [0.2, 0.25) is 0 Å². The third-order valence-corrected chi connectivity index (χ3v) is 4.35. The van der Waals surface area contributed by atoms with E-state index in [-0.39, 0.29) is 11.3 Å². The number of hydrogen-bond donors (Lipinski definition) is 1. The Morgan fingerprint density at radius 2 is 2.19 bits per heavy atom. The minimum absolute atomic E-state index is 0.140. The summed E-state index contributed by atoms with van der Waals surface area (Å²) in [5.41, 5.74) is 0.463. The Balaban J connectivity index is 2.32. The van der Waals surface area contributed by atoms with E-state index < -0.39 is 22.8 Å². The number of hydrogen-bond acceptors (Lipinski definition) is 5. The van der Waals surface area contributed by atoms with Gasteiger partial charge in [-0.15, -0.1) is 0 Å². The second-order valence-electron chi connectivity index (χ2n) is 4.69. The number of carboxylic acids is 1. The zero-order valence-electron chi connectivity index (χ0n) is 11.3. The molecule has 0 aromatic heterocycles. The molecule has 1 aromatic carbocycles. The minimum atomic E-state index is -1.06. The van der Waals surface area contributed by atoms with Crippen LogP contribution in [0.3, 0.4) is 0 Å². The molecule has 0 bridgehead atoms. The summed E-state index contributed by atoms with van der Waals surface area (Å²) in [7, 11) is 0. The predicted molar refractivity (Wildman–Crippen MR) is 77.6 cm³/mol. The first-order valence-electron chi connectivity index (χ1n) is 6.28. The molecule has 112 valence electrons. The number of carboxylic acid groups (broad SMARTS) is 1. The number of carbonyl (C=O) groups excluding carboxylic acids is 1. The molecule has 2 rings (SSSR count). The van der Waals surface area contributed by atoms with Crippen LogP contribution < -0.4 is 0 Å². The summed E-state index contributed by atoms with van der Waals surface area (Å²) in [5.74, 6) is -0.554. The van der Waals surface area contributed by atoms with Gasteiger partial charge in [-0.25, -0.2) is 4.79 Å². The second-order valence-corrected chi connectivity index (χ2v) is 5.84. The maximum absolute atomic E-state index is 12.4. The largest absolute Gasteiger partial charge is 0.480 e. The van der Waals surface area contributed by atoms with Crippen molar-refractivity contribution in [2.24, 2.45) is 0 Å². The summed E-state index contributed by atoms with van der Waals surface area (Å²) in [6.07, 6.45) is 0. The highest BCUT2D eigenvalue weighted by Crippen LogP contribution is 2.23. The average molecular weight is 310 g/mol. The van der Waals surface area contributed by atoms with Crippen LogP contribution in [-0.2, 0) is 4.79 Å². The van der Waals surface area contributed by atoms with Crippen molar-refractivity contribution in [3.05, 3.63) is 39.4 Å². The van der Waals surface area contributed by atoms with Crippen LogP contribution in [-0.4, -0.2) is 50.9 Å². The molecule has 1 unspecified atom stereocenters. The molecule has 0 radical (unpaired) electrons. The molecule has 1 aliphatic rings. The molecular formula is C13H14N2O5S. The quantitative estimate of drug-likeness (QED) is 0.671. The van der Waals surface area contributed by atoms with Crippen molar-refractivity contribution in [1.82, 2.24) is 4.90 Å². The minimum Gasteiger partial charge on any atom is -0.480 e. The topological polar surface area (TPSA) is 101 Å². The van der Waals surface area contributed by atoms with Crippen LogP contribution in [0, 0.1) is 17.0 Å². The van der Waals surface area contributed by atoms with E-state index in [1.165, 1.54) is 34.9 Å². The van der Waals surface area contributed by atoms with E-state index in [0.29, 0.717) is 23.6 Å². The molecular weight excluding hydrogens is 296 g/mol. The van der Waals surface area contributed by atoms with Gasteiger partial charge >= 0.3 is 5.97 Å².